The Labute approximate surface area is 473 Å². The van der Waals surface area contributed by atoms with Gasteiger partial charge >= 0.3 is 13.8 Å². The Morgan fingerprint density at radius 3 is 1.40 bits per heavy atom. The topological polar surface area (TPSA) is 111 Å². The van der Waals surface area contributed by atoms with Crippen molar-refractivity contribution in [2.24, 2.45) is 0 Å². The van der Waals surface area contributed by atoms with Crippen LogP contribution in [0.1, 0.15) is 239 Å². The van der Waals surface area contributed by atoms with Crippen molar-refractivity contribution in [2.45, 2.75) is 251 Å². The molecule has 0 aromatic carbocycles. The Morgan fingerprint density at radius 1 is 0.481 bits per heavy atom. The van der Waals surface area contributed by atoms with E-state index in [1.807, 2.05) is 94.1 Å². The van der Waals surface area contributed by atoms with Crippen molar-refractivity contribution in [3.05, 3.63) is 122 Å². The van der Waals surface area contributed by atoms with Crippen LogP contribution in [-0.4, -0.2) is 74.3 Å². The fraction of sp³-hybridized carbons (Fsp3) is 0.672. The van der Waals surface area contributed by atoms with E-state index < -0.39 is 20.0 Å². The highest BCUT2D eigenvalue weighted by atomic mass is 31.2. The number of hydrogen-bond acceptors (Lipinski definition) is 6. The number of phosphoric acid groups is 1. The van der Waals surface area contributed by atoms with Crippen LogP contribution in [0.5, 0.6) is 0 Å². The first-order valence-corrected chi connectivity index (χ1v) is 32.4. The summed E-state index contributed by atoms with van der Waals surface area (Å²) in [7, 11) is 1.44. The minimum Gasteiger partial charge on any atom is -0.456 e. The van der Waals surface area contributed by atoms with Crippen LogP contribution in [0.3, 0.4) is 0 Å². The number of phosphoric ester groups is 1. The second-order valence-corrected chi connectivity index (χ2v) is 23.1. The van der Waals surface area contributed by atoms with Gasteiger partial charge in [0.25, 0.3) is 0 Å². The third kappa shape index (κ3) is 56.9. The molecule has 0 aromatic heterocycles. The van der Waals surface area contributed by atoms with Gasteiger partial charge in [0.15, 0.2) is 0 Å². The molecule has 3 unspecified atom stereocenters. The molecule has 77 heavy (non-hydrogen) atoms. The number of likely N-dealkylation sites (N-methyl/N-ethyl adjacent to an activating group) is 1. The molecule has 1 amide bonds. The summed E-state index contributed by atoms with van der Waals surface area (Å²) in [5.74, 6) is -0.571. The molecule has 0 radical (unpaired) electrons. The number of unbranched alkanes of at least 4 members (excludes halogenated alkanes) is 25. The number of quaternary nitrogens is 1. The maximum atomic E-state index is 13.5. The zero-order chi connectivity index (χ0) is 56.4. The molecular formula is C67H116N2O7P+. The minimum atomic E-state index is -4.47. The average Bonchev–Trinajstić information content (AvgIpc) is 3.39. The van der Waals surface area contributed by atoms with E-state index in [9.17, 15) is 19.0 Å². The summed E-state index contributed by atoms with van der Waals surface area (Å²) >= 11 is 0. The quantitative estimate of drug-likeness (QED) is 0.0156. The lowest BCUT2D eigenvalue weighted by Crippen LogP contribution is -2.47. The van der Waals surface area contributed by atoms with Crippen molar-refractivity contribution < 1.29 is 37.3 Å². The van der Waals surface area contributed by atoms with Crippen molar-refractivity contribution in [3.8, 4) is 0 Å². The molecule has 0 fully saturated rings. The first kappa shape index (κ1) is 73.4. The van der Waals surface area contributed by atoms with Gasteiger partial charge in [-0.05, 0) is 89.5 Å². The zero-order valence-corrected chi connectivity index (χ0v) is 51.1. The number of nitrogens with zero attached hydrogens (tertiary/aromatic N) is 1. The van der Waals surface area contributed by atoms with Gasteiger partial charge < -0.3 is 19.4 Å². The molecule has 0 aliphatic rings. The van der Waals surface area contributed by atoms with Gasteiger partial charge in [0, 0.05) is 12.8 Å². The number of allylic oxidation sites excluding steroid dienone is 19. The summed E-state index contributed by atoms with van der Waals surface area (Å²) in [6.45, 7) is 6.79. The third-order valence-electron chi connectivity index (χ3n) is 13.0. The molecule has 9 nitrogen and oxygen atoms in total. The predicted octanol–water partition coefficient (Wildman–Crippen LogP) is 19.1. The molecule has 440 valence electrons. The lowest BCUT2D eigenvalue weighted by molar-refractivity contribution is -0.870. The Balaban J connectivity index is 5.39. The van der Waals surface area contributed by atoms with Crippen molar-refractivity contribution in [1.82, 2.24) is 5.32 Å². The van der Waals surface area contributed by atoms with Crippen molar-refractivity contribution >= 4 is 19.7 Å². The average molecular weight is 1090 g/mol. The summed E-state index contributed by atoms with van der Waals surface area (Å²) in [4.78, 5) is 37.7. The van der Waals surface area contributed by atoms with Crippen LogP contribution in [0.25, 0.3) is 0 Å². The fourth-order valence-corrected chi connectivity index (χ4v) is 9.01. The summed E-state index contributed by atoms with van der Waals surface area (Å²) in [5.41, 5.74) is 0. The smallest absolute Gasteiger partial charge is 0.456 e. The SMILES string of the molecule is CC\C=C/C=C/C=C/C=C\C=C\C=C\CCCCCC(=O)NC(COP(=O)(O)OCC[N+](C)(C)C)C(/C=C/CCCCCCCCCCCCC)OC(=O)CCCCCCCCCC/C=C\C/C=C\C/C=C\CCCCC. The fourth-order valence-electron chi connectivity index (χ4n) is 8.27. The molecular weight excluding hydrogens is 976 g/mol. The van der Waals surface area contributed by atoms with E-state index in [4.69, 9.17) is 13.8 Å². The maximum Gasteiger partial charge on any atom is 0.472 e. The summed E-state index contributed by atoms with van der Waals surface area (Å²) in [6.07, 6.45) is 77.6. The first-order valence-electron chi connectivity index (χ1n) is 30.9. The van der Waals surface area contributed by atoms with E-state index >= 15 is 0 Å². The van der Waals surface area contributed by atoms with Crippen LogP contribution in [0.15, 0.2) is 122 Å². The van der Waals surface area contributed by atoms with Crippen LogP contribution < -0.4 is 5.32 Å². The Bertz CT molecular complexity index is 1730. The maximum absolute atomic E-state index is 13.5. The molecule has 0 spiro atoms. The third-order valence-corrected chi connectivity index (χ3v) is 14.0. The van der Waals surface area contributed by atoms with Gasteiger partial charge in [0.05, 0.1) is 33.8 Å². The summed E-state index contributed by atoms with van der Waals surface area (Å²) in [5, 5.41) is 3.03. The normalized spacial score (nSPS) is 14.5. The molecule has 0 aromatic rings. The van der Waals surface area contributed by atoms with Gasteiger partial charge in [-0.1, -0.05) is 258 Å². The van der Waals surface area contributed by atoms with E-state index in [1.165, 1.54) is 109 Å². The van der Waals surface area contributed by atoms with E-state index in [-0.39, 0.29) is 37.9 Å². The van der Waals surface area contributed by atoms with Gasteiger partial charge in [0.1, 0.15) is 19.3 Å². The number of carbonyl (C=O) groups is 2. The van der Waals surface area contributed by atoms with E-state index in [1.54, 1.807) is 0 Å². The largest absolute Gasteiger partial charge is 0.472 e. The first-order chi connectivity index (χ1) is 37.4. The van der Waals surface area contributed by atoms with Gasteiger partial charge in [-0.15, -0.1) is 0 Å². The molecule has 10 heteroatoms. The van der Waals surface area contributed by atoms with Gasteiger partial charge in [-0.2, -0.15) is 0 Å². The molecule has 0 heterocycles. The van der Waals surface area contributed by atoms with Crippen LogP contribution in [0, 0.1) is 0 Å². The van der Waals surface area contributed by atoms with Crippen LogP contribution in [0.4, 0.5) is 0 Å². The van der Waals surface area contributed by atoms with Crippen LogP contribution in [0.2, 0.25) is 0 Å². The standard InChI is InChI=1S/C67H115N2O7P/c1-7-10-13-16-19-22-25-28-30-32-33-34-35-37-39-42-45-48-51-54-57-60-67(71)76-65(58-55-52-49-46-43-40-27-24-21-18-15-12-9-3)64(63-75-77(72,73)74-62-61-69(4,5)6)68-66(70)59-56-53-50-47-44-41-38-36-31-29-26-23-20-17-14-11-8-2/h11,14,17,19-20,22-23,26,28-31,33-34,36,38,41,44,55,58,64-65H,7-10,12-13,15-16,18,21,24-25,27,32,35,37,39-40,42-43,45-54,56-57,59-63H2,1-6H3,(H-,68,70,72,73)/p+1/b14-11-,20-17+,22-19-,26-23+,30-28-,31-29-,34-33-,38-36+,44-41+,58-55+. The number of esters is 1. The van der Waals surface area contributed by atoms with Crippen molar-refractivity contribution in [1.29, 1.82) is 0 Å². The van der Waals surface area contributed by atoms with Gasteiger partial charge in [-0.25, -0.2) is 4.57 Å². The Kier molecular flexibility index (Phi) is 53.1. The predicted molar refractivity (Wildman–Crippen MR) is 332 cm³/mol. The van der Waals surface area contributed by atoms with Crippen molar-refractivity contribution in [2.75, 3.05) is 40.9 Å². The van der Waals surface area contributed by atoms with Gasteiger partial charge in [-0.3, -0.25) is 18.6 Å². The molecule has 0 aliphatic heterocycles. The highest BCUT2D eigenvalue weighted by molar-refractivity contribution is 7.47. The molecule has 0 aliphatic carbocycles. The highest BCUT2D eigenvalue weighted by Crippen LogP contribution is 2.43. The minimum absolute atomic E-state index is 0.0230. The number of rotatable bonds is 54. The van der Waals surface area contributed by atoms with Gasteiger partial charge in [0.2, 0.25) is 5.91 Å². The monoisotopic (exact) mass is 1090 g/mol. The van der Waals surface area contributed by atoms with Crippen molar-refractivity contribution in [3.63, 3.8) is 0 Å². The Hall–Kier alpha value is -3.59. The number of nitrogens with one attached hydrogen (secondary N) is 1. The molecule has 0 bridgehead atoms. The molecule has 0 rings (SSSR count). The number of hydrogen-bond donors (Lipinski definition) is 2. The lowest BCUT2D eigenvalue weighted by Gasteiger charge is -2.27. The molecule has 0 saturated heterocycles. The number of amides is 1. The highest BCUT2D eigenvalue weighted by Gasteiger charge is 2.30. The number of ether oxygens (including phenoxy) is 1. The molecule has 2 N–H and O–H groups in total. The molecule has 3 atom stereocenters. The van der Waals surface area contributed by atoms with Crippen LogP contribution >= 0.6 is 7.82 Å². The lowest BCUT2D eigenvalue weighted by atomic mass is 10.0. The second-order valence-electron chi connectivity index (χ2n) is 21.6. The summed E-state index contributed by atoms with van der Waals surface area (Å²) < 4.78 is 30.7. The summed E-state index contributed by atoms with van der Waals surface area (Å²) in [6, 6.07) is -0.883. The second kappa shape index (κ2) is 55.7. The van der Waals surface area contributed by atoms with E-state index in [2.05, 4.69) is 74.7 Å². The molecule has 0 saturated carbocycles. The Morgan fingerprint density at radius 2 is 0.883 bits per heavy atom. The van der Waals surface area contributed by atoms with Crippen LogP contribution in [-0.2, 0) is 27.9 Å². The zero-order valence-electron chi connectivity index (χ0n) is 50.2. The van der Waals surface area contributed by atoms with E-state index in [0.717, 1.165) is 89.9 Å². The number of carbonyl (C=O) groups excluding carboxylic acids is 2. The van der Waals surface area contributed by atoms with E-state index in [0.29, 0.717) is 17.4 Å².